The minimum Gasteiger partial charge on any atom is -0.393 e. The van der Waals surface area contributed by atoms with E-state index < -0.39 is 5.92 Å². The first-order valence-electron chi connectivity index (χ1n) is 6.05. The number of aromatic nitrogens is 2. The first-order valence-corrected chi connectivity index (χ1v) is 7.57. The number of thiocarbonyl (C=S) groups is 1. The minimum atomic E-state index is -0.507. The summed E-state index contributed by atoms with van der Waals surface area (Å²) in [6.45, 7) is 1.97. The maximum atomic E-state index is 12.3. The minimum absolute atomic E-state index is 0.184. The van der Waals surface area contributed by atoms with Gasteiger partial charge in [-0.05, 0) is 18.6 Å². The van der Waals surface area contributed by atoms with Crippen molar-refractivity contribution in [2.45, 2.75) is 19.8 Å². The molecule has 8 heteroatoms. The molecule has 3 N–H and O–H groups in total. The number of hydrogen-bond acceptors (Lipinski definition) is 5. The van der Waals surface area contributed by atoms with E-state index in [1.165, 1.54) is 0 Å². The molecule has 0 radical (unpaired) electrons. The molecule has 0 aliphatic heterocycles. The van der Waals surface area contributed by atoms with E-state index in [1.54, 1.807) is 12.1 Å². The highest BCUT2D eigenvalue weighted by Crippen LogP contribution is 2.30. The van der Waals surface area contributed by atoms with Crippen LogP contribution in [0, 0.1) is 5.92 Å². The van der Waals surface area contributed by atoms with Crippen LogP contribution < -0.4 is 11.1 Å². The molecule has 2 aromatic rings. The van der Waals surface area contributed by atoms with E-state index in [9.17, 15) is 4.79 Å². The van der Waals surface area contributed by atoms with Crippen LogP contribution in [0.1, 0.15) is 19.8 Å². The Morgan fingerprint density at radius 2 is 2.30 bits per heavy atom. The van der Waals surface area contributed by atoms with Crippen molar-refractivity contribution in [1.29, 1.82) is 0 Å². The van der Waals surface area contributed by atoms with Gasteiger partial charge in [-0.15, -0.1) is 0 Å². The number of amides is 1. The molecule has 1 heterocycles. The molecule has 1 atom stereocenters. The Balaban J connectivity index is 2.31. The number of nitrogens with zero attached hydrogens (tertiary/aromatic N) is 2. The van der Waals surface area contributed by atoms with E-state index in [-0.39, 0.29) is 10.9 Å². The molecule has 1 unspecified atom stereocenters. The molecule has 0 saturated carbocycles. The maximum Gasteiger partial charge on any atom is 0.234 e. The SMILES string of the molecule is CCCC(C(=O)Nc1c(Cl)ccc2nsnc12)C(N)=S. The largest absolute Gasteiger partial charge is 0.393 e. The molecule has 106 valence electrons. The molecule has 0 fully saturated rings. The summed E-state index contributed by atoms with van der Waals surface area (Å²) in [6.07, 6.45) is 1.41. The van der Waals surface area contributed by atoms with Gasteiger partial charge in [-0.25, -0.2) is 0 Å². The number of halogens is 1. The molecule has 1 amide bonds. The summed E-state index contributed by atoms with van der Waals surface area (Å²) in [5, 5.41) is 3.18. The van der Waals surface area contributed by atoms with Crippen molar-refractivity contribution in [3.8, 4) is 0 Å². The predicted octanol–water partition coefficient (Wildman–Crippen LogP) is 2.99. The van der Waals surface area contributed by atoms with Gasteiger partial charge < -0.3 is 11.1 Å². The number of rotatable bonds is 5. The van der Waals surface area contributed by atoms with Gasteiger partial charge in [0.15, 0.2) is 0 Å². The van der Waals surface area contributed by atoms with Crippen molar-refractivity contribution in [2.75, 3.05) is 5.32 Å². The van der Waals surface area contributed by atoms with Gasteiger partial charge in [0.2, 0.25) is 5.91 Å². The highest BCUT2D eigenvalue weighted by Gasteiger charge is 2.22. The summed E-state index contributed by atoms with van der Waals surface area (Å²) >= 11 is 12.1. The zero-order valence-electron chi connectivity index (χ0n) is 10.7. The maximum absolute atomic E-state index is 12.3. The van der Waals surface area contributed by atoms with Crippen molar-refractivity contribution >= 4 is 63.2 Å². The van der Waals surface area contributed by atoms with Crippen molar-refractivity contribution in [2.24, 2.45) is 11.7 Å². The van der Waals surface area contributed by atoms with Gasteiger partial charge in [-0.3, -0.25) is 4.79 Å². The topological polar surface area (TPSA) is 80.9 Å². The fourth-order valence-corrected chi connectivity index (χ4v) is 2.81. The van der Waals surface area contributed by atoms with Crippen molar-refractivity contribution in [3.63, 3.8) is 0 Å². The Hall–Kier alpha value is -1.31. The zero-order chi connectivity index (χ0) is 14.7. The molecule has 2 rings (SSSR count). The molecular formula is C12H13ClN4OS2. The fourth-order valence-electron chi connectivity index (χ4n) is 1.85. The second kappa shape index (κ2) is 6.43. The van der Waals surface area contributed by atoms with Gasteiger partial charge in [0, 0.05) is 0 Å². The van der Waals surface area contributed by atoms with Crippen molar-refractivity contribution in [3.05, 3.63) is 17.2 Å². The Morgan fingerprint density at radius 3 is 2.95 bits per heavy atom. The molecule has 0 aliphatic carbocycles. The zero-order valence-corrected chi connectivity index (χ0v) is 13.1. The van der Waals surface area contributed by atoms with E-state index in [4.69, 9.17) is 29.6 Å². The van der Waals surface area contributed by atoms with E-state index in [2.05, 4.69) is 14.1 Å². The molecule has 20 heavy (non-hydrogen) atoms. The number of anilines is 1. The molecule has 5 nitrogen and oxygen atoms in total. The van der Waals surface area contributed by atoms with Crippen LogP contribution in [-0.4, -0.2) is 19.6 Å². The van der Waals surface area contributed by atoms with Gasteiger partial charge in [0.25, 0.3) is 0 Å². The van der Waals surface area contributed by atoms with Crippen LogP contribution in [0.3, 0.4) is 0 Å². The Kier molecular flexibility index (Phi) is 4.85. The van der Waals surface area contributed by atoms with E-state index in [0.717, 1.165) is 18.1 Å². The van der Waals surface area contributed by atoms with Gasteiger partial charge in [0.1, 0.15) is 11.0 Å². The van der Waals surface area contributed by atoms with E-state index in [1.807, 2.05) is 6.92 Å². The van der Waals surface area contributed by atoms with Gasteiger partial charge >= 0.3 is 0 Å². The number of carbonyl (C=O) groups excluding carboxylic acids is 1. The fraction of sp³-hybridized carbons (Fsp3) is 0.333. The van der Waals surface area contributed by atoms with E-state index >= 15 is 0 Å². The predicted molar refractivity (Wildman–Crippen MR) is 86.2 cm³/mol. The smallest absolute Gasteiger partial charge is 0.234 e. The number of nitrogens with one attached hydrogen (secondary N) is 1. The van der Waals surface area contributed by atoms with Gasteiger partial charge in [0.05, 0.1) is 33.3 Å². The quantitative estimate of drug-likeness (QED) is 0.825. The van der Waals surface area contributed by atoms with Crippen LogP contribution in [-0.2, 0) is 4.79 Å². The number of benzene rings is 1. The van der Waals surface area contributed by atoms with Crippen LogP contribution in [0.15, 0.2) is 12.1 Å². The number of fused-ring (bicyclic) bond motifs is 1. The molecule has 1 aromatic carbocycles. The van der Waals surface area contributed by atoms with Crippen LogP contribution in [0.25, 0.3) is 11.0 Å². The molecule has 0 spiro atoms. The molecule has 0 bridgehead atoms. The lowest BCUT2D eigenvalue weighted by Crippen LogP contribution is -2.33. The summed E-state index contributed by atoms with van der Waals surface area (Å²) in [4.78, 5) is 12.5. The summed E-state index contributed by atoms with van der Waals surface area (Å²) < 4.78 is 8.26. The van der Waals surface area contributed by atoms with E-state index in [0.29, 0.717) is 28.2 Å². The normalized spacial score (nSPS) is 12.3. The standard InChI is InChI=1S/C12H13ClN4OS2/c1-2-3-6(11(14)19)12(18)15-9-7(13)4-5-8-10(9)17-20-16-8/h4-6H,2-3H2,1H3,(H2,14,19)(H,15,18). The average molecular weight is 329 g/mol. The lowest BCUT2D eigenvalue weighted by atomic mass is 10.0. The third-order valence-electron chi connectivity index (χ3n) is 2.86. The molecule has 0 aliphatic rings. The monoisotopic (exact) mass is 328 g/mol. The highest BCUT2D eigenvalue weighted by atomic mass is 35.5. The lowest BCUT2D eigenvalue weighted by Gasteiger charge is -2.15. The molecular weight excluding hydrogens is 316 g/mol. The first kappa shape index (κ1) is 15.1. The Morgan fingerprint density at radius 1 is 1.55 bits per heavy atom. The van der Waals surface area contributed by atoms with Crippen LogP contribution in [0.2, 0.25) is 5.02 Å². The third kappa shape index (κ3) is 3.05. The molecule has 1 aromatic heterocycles. The number of hydrogen-bond donors (Lipinski definition) is 2. The third-order valence-corrected chi connectivity index (χ3v) is 4.00. The van der Waals surface area contributed by atoms with Crippen LogP contribution >= 0.6 is 35.5 Å². The van der Waals surface area contributed by atoms with Crippen molar-refractivity contribution < 1.29 is 4.79 Å². The van der Waals surface area contributed by atoms with Crippen LogP contribution in [0.5, 0.6) is 0 Å². The second-order valence-electron chi connectivity index (χ2n) is 4.29. The first-order chi connectivity index (χ1) is 9.54. The van der Waals surface area contributed by atoms with Crippen LogP contribution in [0.4, 0.5) is 5.69 Å². The summed E-state index contributed by atoms with van der Waals surface area (Å²) in [7, 11) is 0. The van der Waals surface area contributed by atoms with Gasteiger partial charge in [-0.1, -0.05) is 37.2 Å². The second-order valence-corrected chi connectivity index (χ2v) is 5.69. The summed E-state index contributed by atoms with van der Waals surface area (Å²) in [6, 6.07) is 3.43. The highest BCUT2D eigenvalue weighted by molar-refractivity contribution is 7.80. The molecule has 0 saturated heterocycles. The average Bonchev–Trinajstić information content (AvgIpc) is 2.87. The Labute approximate surface area is 130 Å². The summed E-state index contributed by atoms with van der Waals surface area (Å²) in [5.74, 6) is -0.769. The number of nitrogens with two attached hydrogens (primary N) is 1. The Bertz CT molecular complexity index is 658. The number of carbonyl (C=O) groups is 1. The van der Waals surface area contributed by atoms with Gasteiger partial charge in [-0.2, -0.15) is 8.75 Å². The lowest BCUT2D eigenvalue weighted by molar-refractivity contribution is -0.118. The summed E-state index contributed by atoms with van der Waals surface area (Å²) in [5.41, 5.74) is 7.35. The van der Waals surface area contributed by atoms with Crippen molar-refractivity contribution in [1.82, 2.24) is 8.75 Å².